The first-order valence-electron chi connectivity index (χ1n) is 9.16. The molecule has 0 amide bonds. The van der Waals surface area contributed by atoms with Gasteiger partial charge < -0.3 is 4.74 Å². The van der Waals surface area contributed by atoms with Crippen LogP contribution in [0.3, 0.4) is 0 Å². The highest BCUT2D eigenvalue weighted by molar-refractivity contribution is 5.34. The minimum Gasteiger partial charge on any atom is -0.497 e. The van der Waals surface area contributed by atoms with Crippen molar-refractivity contribution in [3.8, 4) is 5.75 Å². The zero-order valence-corrected chi connectivity index (χ0v) is 15.2. The second kappa shape index (κ2) is 6.72. The molecule has 0 bridgehead atoms. The quantitative estimate of drug-likeness (QED) is 0.627. The van der Waals surface area contributed by atoms with Crippen molar-refractivity contribution in [3.63, 3.8) is 0 Å². The van der Waals surface area contributed by atoms with E-state index in [0.717, 1.165) is 30.8 Å². The van der Waals surface area contributed by atoms with Gasteiger partial charge in [-0.25, -0.2) is 0 Å². The maximum absolute atomic E-state index is 12.1. The van der Waals surface area contributed by atoms with Crippen LogP contribution in [0.1, 0.15) is 29.5 Å². The Balaban J connectivity index is 1.71. The molecule has 0 radical (unpaired) electrons. The monoisotopic (exact) mass is 352 g/mol. The molecule has 5 nitrogen and oxygen atoms in total. The van der Waals surface area contributed by atoms with Gasteiger partial charge in [-0.1, -0.05) is 43.3 Å². The van der Waals surface area contributed by atoms with E-state index in [1.165, 1.54) is 11.1 Å². The molecule has 0 aromatic heterocycles. The van der Waals surface area contributed by atoms with Gasteiger partial charge in [-0.3, -0.25) is 15.0 Å². The Labute approximate surface area is 153 Å². The summed E-state index contributed by atoms with van der Waals surface area (Å²) < 4.78 is 5.24. The summed E-state index contributed by atoms with van der Waals surface area (Å²) in [5, 5.41) is 12.1. The van der Waals surface area contributed by atoms with Crippen LogP contribution in [-0.4, -0.2) is 35.6 Å². The lowest BCUT2D eigenvalue weighted by Gasteiger charge is -2.47. The molecule has 2 aromatic carbocycles. The van der Waals surface area contributed by atoms with Gasteiger partial charge in [0.2, 0.25) is 6.04 Å². The zero-order valence-electron chi connectivity index (χ0n) is 15.2. The van der Waals surface area contributed by atoms with Crippen LogP contribution in [0.5, 0.6) is 5.75 Å². The van der Waals surface area contributed by atoms with Crippen molar-refractivity contribution in [3.05, 3.63) is 75.3 Å². The fourth-order valence-corrected chi connectivity index (χ4v) is 4.82. The molecule has 0 saturated carbocycles. The number of piperidine rings is 1. The third kappa shape index (κ3) is 2.86. The second-order valence-electron chi connectivity index (χ2n) is 7.52. The van der Waals surface area contributed by atoms with Crippen molar-refractivity contribution in [2.24, 2.45) is 5.92 Å². The Kier molecular flexibility index (Phi) is 4.41. The van der Waals surface area contributed by atoms with Gasteiger partial charge in [-0.05, 0) is 41.2 Å². The number of rotatable bonds is 3. The van der Waals surface area contributed by atoms with Crippen LogP contribution in [0.15, 0.2) is 48.5 Å². The molecule has 5 heteroatoms. The summed E-state index contributed by atoms with van der Waals surface area (Å²) in [6.07, 6.45) is 0.751. The molecule has 2 aliphatic rings. The molecule has 1 fully saturated rings. The summed E-state index contributed by atoms with van der Waals surface area (Å²) in [6.45, 7) is 3.84. The van der Waals surface area contributed by atoms with E-state index < -0.39 is 6.04 Å². The van der Waals surface area contributed by atoms with E-state index in [0.29, 0.717) is 0 Å². The average molecular weight is 352 g/mol. The van der Waals surface area contributed by atoms with Gasteiger partial charge >= 0.3 is 0 Å². The van der Waals surface area contributed by atoms with Crippen molar-refractivity contribution in [2.75, 3.05) is 13.7 Å². The van der Waals surface area contributed by atoms with Crippen LogP contribution >= 0.6 is 0 Å². The van der Waals surface area contributed by atoms with Gasteiger partial charge in [0.25, 0.3) is 0 Å². The average Bonchev–Trinajstić information content (AvgIpc) is 2.65. The molecule has 0 unspecified atom stereocenters. The molecule has 0 N–H and O–H groups in total. The predicted molar refractivity (Wildman–Crippen MR) is 100 cm³/mol. The van der Waals surface area contributed by atoms with Crippen LogP contribution in [-0.2, 0) is 13.0 Å². The maximum Gasteiger partial charge on any atom is 0.235 e. The van der Waals surface area contributed by atoms with Crippen molar-refractivity contribution in [2.45, 2.75) is 37.9 Å². The Hall–Kier alpha value is -2.40. The number of nitrogens with zero attached hydrogens (tertiary/aromatic N) is 2. The summed E-state index contributed by atoms with van der Waals surface area (Å²) >= 11 is 0. The van der Waals surface area contributed by atoms with E-state index in [2.05, 4.69) is 30.0 Å². The first kappa shape index (κ1) is 17.0. The minimum absolute atomic E-state index is 0.0455. The number of hydrogen-bond donors (Lipinski definition) is 0. The molecular weight excluding hydrogens is 328 g/mol. The topological polar surface area (TPSA) is 55.6 Å². The van der Waals surface area contributed by atoms with E-state index in [-0.39, 0.29) is 22.8 Å². The third-order valence-electron chi connectivity index (χ3n) is 6.03. The van der Waals surface area contributed by atoms with Gasteiger partial charge in [0.05, 0.1) is 19.1 Å². The van der Waals surface area contributed by atoms with E-state index in [9.17, 15) is 10.1 Å². The Morgan fingerprint density at radius 2 is 1.81 bits per heavy atom. The van der Waals surface area contributed by atoms with Crippen LogP contribution in [0.2, 0.25) is 0 Å². The molecule has 2 heterocycles. The molecular formula is C21H24N2O3. The van der Waals surface area contributed by atoms with Crippen molar-refractivity contribution < 1.29 is 9.66 Å². The van der Waals surface area contributed by atoms with Crippen LogP contribution in [0.4, 0.5) is 0 Å². The maximum atomic E-state index is 12.1. The lowest BCUT2D eigenvalue weighted by molar-refractivity contribution is -0.540. The summed E-state index contributed by atoms with van der Waals surface area (Å²) in [4.78, 5) is 14.4. The third-order valence-corrected chi connectivity index (χ3v) is 6.03. The highest BCUT2D eigenvalue weighted by atomic mass is 16.6. The fourth-order valence-electron chi connectivity index (χ4n) is 4.82. The minimum atomic E-state index is -0.597. The molecule has 4 atom stereocenters. The van der Waals surface area contributed by atoms with Crippen molar-refractivity contribution >= 4 is 0 Å². The van der Waals surface area contributed by atoms with Gasteiger partial charge in [0.15, 0.2) is 0 Å². The molecule has 136 valence electrons. The molecule has 0 spiro atoms. The van der Waals surface area contributed by atoms with Crippen LogP contribution in [0.25, 0.3) is 0 Å². The summed E-state index contributed by atoms with van der Waals surface area (Å²) in [7, 11) is 1.63. The Morgan fingerprint density at radius 3 is 2.46 bits per heavy atom. The number of methoxy groups -OCH3 is 1. The van der Waals surface area contributed by atoms with E-state index >= 15 is 0 Å². The fraction of sp³-hybridized carbons (Fsp3) is 0.429. The van der Waals surface area contributed by atoms with Crippen LogP contribution in [0, 0.1) is 16.0 Å². The van der Waals surface area contributed by atoms with Crippen LogP contribution < -0.4 is 4.74 Å². The highest BCUT2D eigenvalue weighted by Gasteiger charge is 2.50. The lowest BCUT2D eigenvalue weighted by atomic mass is 9.72. The molecule has 0 aliphatic carbocycles. The number of benzene rings is 2. The normalized spacial score (nSPS) is 28.1. The highest BCUT2D eigenvalue weighted by Crippen LogP contribution is 2.41. The molecule has 2 aliphatic heterocycles. The second-order valence-corrected chi connectivity index (χ2v) is 7.52. The largest absolute Gasteiger partial charge is 0.497 e. The van der Waals surface area contributed by atoms with E-state index in [1.54, 1.807) is 7.11 Å². The zero-order chi connectivity index (χ0) is 18.3. The molecule has 1 saturated heterocycles. The van der Waals surface area contributed by atoms with E-state index in [1.807, 2.05) is 30.3 Å². The SMILES string of the molecule is COc1ccc([C@H]2[C@H]([N+](=O)[O-])[C@H]3Cc4ccccc4CN3C[C@@H]2C)cc1. The number of hydrogen-bond acceptors (Lipinski definition) is 4. The van der Waals surface area contributed by atoms with E-state index in [4.69, 9.17) is 4.74 Å². The van der Waals surface area contributed by atoms with Gasteiger partial charge in [-0.2, -0.15) is 0 Å². The number of ether oxygens (including phenoxy) is 1. The van der Waals surface area contributed by atoms with Crippen molar-refractivity contribution in [1.82, 2.24) is 4.90 Å². The molecule has 26 heavy (non-hydrogen) atoms. The Morgan fingerprint density at radius 1 is 1.12 bits per heavy atom. The summed E-state index contributed by atoms with van der Waals surface area (Å²) in [5.41, 5.74) is 3.60. The smallest absolute Gasteiger partial charge is 0.235 e. The summed E-state index contributed by atoms with van der Waals surface area (Å²) in [6, 6.07) is 15.5. The number of fused-ring (bicyclic) bond motifs is 2. The van der Waals surface area contributed by atoms with Gasteiger partial charge in [-0.15, -0.1) is 0 Å². The predicted octanol–water partition coefficient (Wildman–Crippen LogP) is 3.50. The number of nitro groups is 1. The van der Waals surface area contributed by atoms with Gasteiger partial charge in [0.1, 0.15) is 5.75 Å². The first-order valence-corrected chi connectivity index (χ1v) is 9.16. The first-order chi connectivity index (χ1) is 12.6. The van der Waals surface area contributed by atoms with Crippen molar-refractivity contribution in [1.29, 1.82) is 0 Å². The molecule has 2 aromatic rings. The standard InChI is InChI=1S/C21H24N2O3/c1-14-12-22-13-17-6-4-3-5-16(17)11-19(22)21(23(24)25)20(14)15-7-9-18(26-2)10-8-15/h3-10,14,19-21H,11-13H2,1-2H3/t14-,19+,20-,21+/m0/s1. The summed E-state index contributed by atoms with van der Waals surface area (Å²) in [5.74, 6) is 0.922. The lowest BCUT2D eigenvalue weighted by Crippen LogP contribution is -2.59. The van der Waals surface area contributed by atoms with Gasteiger partial charge in [0, 0.05) is 18.0 Å². The molecule has 4 rings (SSSR count). The Bertz CT molecular complexity index is 805.